The Bertz CT molecular complexity index is 441. The number of hydrogen-bond donors (Lipinski definition) is 2. The molecule has 124 valence electrons. The first-order valence-corrected chi connectivity index (χ1v) is 8.45. The Hall–Kier alpha value is -1.06. The number of nitrogens with one attached hydrogen (secondary N) is 1. The fourth-order valence-corrected chi connectivity index (χ4v) is 3.39. The molecular weight excluding hydrogens is 274 g/mol. The van der Waals surface area contributed by atoms with Gasteiger partial charge in [-0.2, -0.15) is 0 Å². The topological polar surface area (TPSA) is 41.5 Å². The Kier molecular flexibility index (Phi) is 5.87. The van der Waals surface area contributed by atoms with Gasteiger partial charge in [-0.15, -0.1) is 0 Å². The van der Waals surface area contributed by atoms with Gasteiger partial charge in [0, 0.05) is 12.6 Å². The molecule has 1 unspecified atom stereocenters. The van der Waals surface area contributed by atoms with Crippen LogP contribution in [0.15, 0.2) is 24.3 Å². The lowest BCUT2D eigenvalue weighted by Crippen LogP contribution is -2.38. The molecule has 0 aliphatic heterocycles. The van der Waals surface area contributed by atoms with Crippen LogP contribution in [-0.2, 0) is 0 Å². The SMILES string of the molecule is COc1ccc(C(O)CNC2CCC(C(C)(C)C)CC2)cc1. The maximum Gasteiger partial charge on any atom is 0.118 e. The highest BCUT2D eigenvalue weighted by molar-refractivity contribution is 5.28. The monoisotopic (exact) mass is 305 g/mol. The Morgan fingerprint density at radius 1 is 1.14 bits per heavy atom. The molecule has 0 radical (unpaired) electrons. The van der Waals surface area contributed by atoms with E-state index in [-0.39, 0.29) is 0 Å². The second-order valence-corrected chi connectivity index (χ2v) is 7.61. The van der Waals surface area contributed by atoms with Crippen LogP contribution in [-0.4, -0.2) is 24.8 Å². The van der Waals surface area contributed by atoms with Gasteiger partial charge in [0.15, 0.2) is 0 Å². The number of benzene rings is 1. The normalized spacial score (nSPS) is 24.0. The number of methoxy groups -OCH3 is 1. The molecule has 1 aromatic carbocycles. The van der Waals surface area contributed by atoms with Crippen molar-refractivity contribution in [3.05, 3.63) is 29.8 Å². The van der Waals surface area contributed by atoms with Crippen molar-refractivity contribution in [2.24, 2.45) is 11.3 Å². The summed E-state index contributed by atoms with van der Waals surface area (Å²) in [7, 11) is 1.65. The van der Waals surface area contributed by atoms with Gasteiger partial charge in [-0.1, -0.05) is 32.9 Å². The second-order valence-electron chi connectivity index (χ2n) is 7.61. The predicted molar refractivity (Wildman–Crippen MR) is 91.2 cm³/mol. The molecule has 1 atom stereocenters. The third-order valence-corrected chi connectivity index (χ3v) is 5.05. The van der Waals surface area contributed by atoms with E-state index in [2.05, 4.69) is 26.1 Å². The van der Waals surface area contributed by atoms with Gasteiger partial charge in [0.1, 0.15) is 5.75 Å². The molecule has 1 aromatic rings. The summed E-state index contributed by atoms with van der Waals surface area (Å²) in [4.78, 5) is 0. The first-order valence-electron chi connectivity index (χ1n) is 8.45. The average Bonchev–Trinajstić information content (AvgIpc) is 2.52. The van der Waals surface area contributed by atoms with E-state index in [1.165, 1.54) is 25.7 Å². The van der Waals surface area contributed by atoms with Gasteiger partial charge >= 0.3 is 0 Å². The minimum Gasteiger partial charge on any atom is -0.497 e. The van der Waals surface area contributed by atoms with E-state index in [1.807, 2.05) is 24.3 Å². The van der Waals surface area contributed by atoms with Gasteiger partial charge in [-0.25, -0.2) is 0 Å². The summed E-state index contributed by atoms with van der Waals surface area (Å²) >= 11 is 0. The van der Waals surface area contributed by atoms with Gasteiger partial charge in [0.2, 0.25) is 0 Å². The standard InChI is InChI=1S/C19H31NO2/c1-19(2,3)15-7-9-16(10-8-15)20-13-18(21)14-5-11-17(22-4)12-6-14/h5-6,11-12,15-16,18,20-21H,7-10,13H2,1-4H3. The molecule has 0 spiro atoms. The summed E-state index contributed by atoms with van der Waals surface area (Å²) in [6, 6.07) is 8.20. The fourth-order valence-electron chi connectivity index (χ4n) is 3.39. The fraction of sp³-hybridized carbons (Fsp3) is 0.684. The summed E-state index contributed by atoms with van der Waals surface area (Å²) in [6.45, 7) is 7.66. The third kappa shape index (κ3) is 4.72. The molecule has 1 aliphatic rings. The Labute approximate surface area is 135 Å². The Morgan fingerprint density at radius 2 is 1.73 bits per heavy atom. The lowest BCUT2D eigenvalue weighted by atomic mass is 9.71. The van der Waals surface area contributed by atoms with Gasteiger partial charge in [0.05, 0.1) is 13.2 Å². The molecule has 1 aliphatic carbocycles. The largest absolute Gasteiger partial charge is 0.497 e. The van der Waals surface area contributed by atoms with Crippen molar-refractivity contribution < 1.29 is 9.84 Å². The van der Waals surface area contributed by atoms with E-state index < -0.39 is 6.10 Å². The summed E-state index contributed by atoms with van der Waals surface area (Å²) < 4.78 is 5.14. The van der Waals surface area contributed by atoms with Crippen molar-refractivity contribution in [1.29, 1.82) is 0 Å². The molecule has 0 aromatic heterocycles. The van der Waals surface area contributed by atoms with Crippen molar-refractivity contribution in [1.82, 2.24) is 5.32 Å². The van der Waals surface area contributed by atoms with E-state index in [0.29, 0.717) is 18.0 Å². The van der Waals surface area contributed by atoms with Gasteiger partial charge in [-0.05, 0) is 54.7 Å². The number of hydrogen-bond acceptors (Lipinski definition) is 3. The number of aliphatic hydroxyl groups is 1. The molecule has 1 saturated carbocycles. The van der Waals surface area contributed by atoms with E-state index in [0.717, 1.165) is 17.2 Å². The average molecular weight is 305 g/mol. The summed E-state index contributed by atoms with van der Waals surface area (Å²) in [5.74, 6) is 1.65. The van der Waals surface area contributed by atoms with E-state index in [9.17, 15) is 5.11 Å². The van der Waals surface area contributed by atoms with Crippen LogP contribution in [0, 0.1) is 11.3 Å². The summed E-state index contributed by atoms with van der Waals surface area (Å²) in [5, 5.41) is 13.8. The van der Waals surface area contributed by atoms with Crippen LogP contribution in [0.3, 0.4) is 0 Å². The molecule has 0 bridgehead atoms. The zero-order chi connectivity index (χ0) is 16.2. The smallest absolute Gasteiger partial charge is 0.118 e. The van der Waals surface area contributed by atoms with Gasteiger partial charge in [-0.3, -0.25) is 0 Å². The minimum absolute atomic E-state index is 0.424. The molecule has 1 fully saturated rings. The van der Waals surface area contributed by atoms with Crippen LogP contribution in [0.25, 0.3) is 0 Å². The molecule has 3 heteroatoms. The summed E-state index contributed by atoms with van der Waals surface area (Å²) in [5.41, 5.74) is 1.37. The van der Waals surface area contributed by atoms with Crippen molar-refractivity contribution in [3.8, 4) is 5.75 Å². The molecule has 0 saturated heterocycles. The minimum atomic E-state index is -0.453. The van der Waals surface area contributed by atoms with Crippen LogP contribution in [0.4, 0.5) is 0 Å². The highest BCUT2D eigenvalue weighted by Gasteiger charge is 2.29. The van der Waals surface area contributed by atoms with Gasteiger partial charge in [0.25, 0.3) is 0 Å². The van der Waals surface area contributed by atoms with Crippen molar-refractivity contribution in [2.45, 2.75) is 58.6 Å². The molecule has 3 nitrogen and oxygen atoms in total. The molecule has 0 heterocycles. The van der Waals surface area contributed by atoms with Crippen LogP contribution in [0.2, 0.25) is 0 Å². The van der Waals surface area contributed by atoms with Crippen LogP contribution in [0.5, 0.6) is 5.75 Å². The van der Waals surface area contributed by atoms with Crippen molar-refractivity contribution >= 4 is 0 Å². The predicted octanol–water partition coefficient (Wildman–Crippen LogP) is 3.92. The second kappa shape index (κ2) is 7.47. The van der Waals surface area contributed by atoms with Crippen molar-refractivity contribution in [2.75, 3.05) is 13.7 Å². The first-order chi connectivity index (χ1) is 10.4. The maximum absolute atomic E-state index is 10.3. The Balaban J connectivity index is 1.76. The lowest BCUT2D eigenvalue weighted by molar-refractivity contribution is 0.139. The van der Waals surface area contributed by atoms with Gasteiger partial charge < -0.3 is 15.2 Å². The van der Waals surface area contributed by atoms with E-state index in [4.69, 9.17) is 4.74 Å². The molecular formula is C19H31NO2. The van der Waals surface area contributed by atoms with Crippen molar-refractivity contribution in [3.63, 3.8) is 0 Å². The lowest BCUT2D eigenvalue weighted by Gasteiger charge is -2.37. The molecule has 2 N–H and O–H groups in total. The van der Waals surface area contributed by atoms with E-state index in [1.54, 1.807) is 7.11 Å². The molecule has 22 heavy (non-hydrogen) atoms. The quantitative estimate of drug-likeness (QED) is 0.866. The molecule has 2 rings (SSSR count). The zero-order valence-electron chi connectivity index (χ0n) is 14.4. The highest BCUT2D eigenvalue weighted by atomic mass is 16.5. The highest BCUT2D eigenvalue weighted by Crippen LogP contribution is 2.37. The Morgan fingerprint density at radius 3 is 2.23 bits per heavy atom. The van der Waals surface area contributed by atoms with Crippen LogP contribution < -0.4 is 10.1 Å². The van der Waals surface area contributed by atoms with E-state index >= 15 is 0 Å². The first kappa shape index (κ1) is 17.3. The third-order valence-electron chi connectivity index (χ3n) is 5.05. The van der Waals surface area contributed by atoms with Crippen LogP contribution in [0.1, 0.15) is 58.1 Å². The van der Waals surface area contributed by atoms with Crippen LogP contribution >= 0.6 is 0 Å². The molecule has 0 amide bonds. The number of aliphatic hydroxyl groups excluding tert-OH is 1. The summed E-state index contributed by atoms with van der Waals surface area (Å²) in [6.07, 6.45) is 4.57. The zero-order valence-corrected chi connectivity index (χ0v) is 14.4. The number of ether oxygens (including phenoxy) is 1. The number of rotatable bonds is 5. The maximum atomic E-state index is 10.3.